The van der Waals surface area contributed by atoms with Gasteiger partial charge in [-0.05, 0) is 29.8 Å². The molecule has 0 unspecified atom stereocenters. The first kappa shape index (κ1) is 18.9. The zero-order valence-electron chi connectivity index (χ0n) is 15.2. The van der Waals surface area contributed by atoms with Gasteiger partial charge in [0.25, 0.3) is 5.89 Å². The van der Waals surface area contributed by atoms with Crippen LogP contribution in [0.3, 0.4) is 0 Å². The van der Waals surface area contributed by atoms with Gasteiger partial charge >= 0.3 is 0 Å². The molecular weight excluding hydrogens is 366 g/mol. The second kappa shape index (κ2) is 8.68. The van der Waals surface area contributed by atoms with Gasteiger partial charge < -0.3 is 14.2 Å². The largest absolute Gasteiger partial charge is 0.497 e. The van der Waals surface area contributed by atoms with Crippen LogP contribution in [0.5, 0.6) is 5.75 Å². The van der Waals surface area contributed by atoms with E-state index in [1.165, 1.54) is 0 Å². The maximum absolute atomic E-state index is 12.4. The van der Waals surface area contributed by atoms with Gasteiger partial charge in [-0.25, -0.2) is 0 Å². The molecule has 0 saturated heterocycles. The van der Waals surface area contributed by atoms with Crippen molar-refractivity contribution in [1.29, 1.82) is 0 Å². The highest BCUT2D eigenvalue weighted by molar-refractivity contribution is 6.33. The highest BCUT2D eigenvalue weighted by Gasteiger charge is 2.14. The van der Waals surface area contributed by atoms with Gasteiger partial charge in [0.1, 0.15) is 5.75 Å². The molecule has 1 amide bonds. The van der Waals surface area contributed by atoms with Gasteiger partial charge in [-0.2, -0.15) is 4.98 Å². The van der Waals surface area contributed by atoms with Gasteiger partial charge in [-0.15, -0.1) is 0 Å². The minimum Gasteiger partial charge on any atom is -0.497 e. The van der Waals surface area contributed by atoms with Crippen LogP contribution in [0.1, 0.15) is 11.4 Å². The van der Waals surface area contributed by atoms with Crippen LogP contribution in [0.15, 0.2) is 53.1 Å². The molecule has 140 valence electrons. The van der Waals surface area contributed by atoms with Gasteiger partial charge in [0, 0.05) is 20.0 Å². The molecule has 6 nitrogen and oxygen atoms in total. The van der Waals surface area contributed by atoms with Gasteiger partial charge in [-0.3, -0.25) is 4.79 Å². The lowest BCUT2D eigenvalue weighted by Crippen LogP contribution is -2.30. The van der Waals surface area contributed by atoms with Gasteiger partial charge in [0.2, 0.25) is 5.91 Å². The van der Waals surface area contributed by atoms with E-state index in [4.69, 9.17) is 20.9 Å². The Hall–Kier alpha value is -2.86. The molecule has 0 radical (unpaired) electrons. The Kier molecular flexibility index (Phi) is 6.08. The summed E-state index contributed by atoms with van der Waals surface area (Å²) in [6.45, 7) is 0.497. The number of carbonyl (C=O) groups is 1. The molecule has 7 heteroatoms. The number of methoxy groups -OCH3 is 1. The predicted octanol–water partition coefficient (Wildman–Crippen LogP) is 3.64. The number of likely N-dealkylation sites (N-methyl/N-ethyl adjacent to an activating group) is 1. The van der Waals surface area contributed by atoms with Crippen LogP contribution < -0.4 is 4.74 Å². The fourth-order valence-corrected chi connectivity index (χ4v) is 2.76. The minimum atomic E-state index is 0.0231. The third-order valence-corrected chi connectivity index (χ3v) is 4.51. The third kappa shape index (κ3) is 4.86. The molecule has 0 spiro atoms. The first-order valence-electron chi connectivity index (χ1n) is 8.51. The van der Waals surface area contributed by atoms with Crippen LogP contribution in [0.25, 0.3) is 11.5 Å². The molecule has 1 aromatic heterocycles. The number of ether oxygens (including phenoxy) is 1. The van der Waals surface area contributed by atoms with Crippen molar-refractivity contribution in [3.8, 4) is 17.2 Å². The zero-order chi connectivity index (χ0) is 19.2. The summed E-state index contributed by atoms with van der Waals surface area (Å²) in [7, 11) is 3.38. The zero-order valence-corrected chi connectivity index (χ0v) is 15.9. The first-order chi connectivity index (χ1) is 13.1. The Morgan fingerprint density at radius 2 is 1.93 bits per heavy atom. The average Bonchev–Trinajstić information content (AvgIpc) is 3.15. The quantitative estimate of drug-likeness (QED) is 0.621. The van der Waals surface area contributed by atoms with Crippen molar-refractivity contribution in [2.24, 2.45) is 0 Å². The number of benzene rings is 2. The molecule has 0 atom stereocenters. The molecule has 0 N–H and O–H groups in total. The number of amides is 1. The highest BCUT2D eigenvalue weighted by Crippen LogP contribution is 2.25. The predicted molar refractivity (Wildman–Crippen MR) is 103 cm³/mol. The number of carbonyl (C=O) groups excluding carboxylic acids is 1. The van der Waals surface area contributed by atoms with Crippen molar-refractivity contribution in [3.05, 3.63) is 64.9 Å². The molecule has 3 rings (SSSR count). The lowest BCUT2D eigenvalue weighted by molar-refractivity contribution is -0.129. The topological polar surface area (TPSA) is 68.5 Å². The Bertz CT molecular complexity index is 909. The van der Waals surface area contributed by atoms with E-state index < -0.39 is 0 Å². The van der Waals surface area contributed by atoms with Gasteiger partial charge in [0.05, 0.1) is 24.1 Å². The Morgan fingerprint density at radius 3 is 2.63 bits per heavy atom. The normalized spacial score (nSPS) is 10.6. The Balaban J connectivity index is 1.55. The molecule has 27 heavy (non-hydrogen) atoms. The summed E-state index contributed by atoms with van der Waals surface area (Å²) < 4.78 is 10.4. The molecule has 0 aliphatic carbocycles. The van der Waals surface area contributed by atoms with Gasteiger partial charge in [-0.1, -0.05) is 41.0 Å². The second-order valence-electron chi connectivity index (χ2n) is 6.09. The number of hydrogen-bond acceptors (Lipinski definition) is 5. The summed E-state index contributed by atoms with van der Waals surface area (Å²) in [6, 6.07) is 14.8. The monoisotopic (exact) mass is 385 g/mol. The maximum Gasteiger partial charge on any atom is 0.259 e. The average molecular weight is 386 g/mol. The van der Waals surface area contributed by atoms with Crippen molar-refractivity contribution in [2.75, 3.05) is 20.7 Å². The van der Waals surface area contributed by atoms with Crippen molar-refractivity contribution in [3.63, 3.8) is 0 Å². The van der Waals surface area contributed by atoms with E-state index in [1.54, 1.807) is 25.1 Å². The molecule has 0 aliphatic heterocycles. The molecule has 1 heterocycles. The van der Waals surface area contributed by atoms with E-state index in [1.807, 2.05) is 42.5 Å². The molecular formula is C20H20ClN3O3. The fraction of sp³-hybridized carbons (Fsp3) is 0.250. The SMILES string of the molecule is COc1ccc(CC(=O)N(C)CCc2noc(-c3ccccc3Cl)n2)cc1. The lowest BCUT2D eigenvalue weighted by atomic mass is 10.1. The smallest absolute Gasteiger partial charge is 0.259 e. The highest BCUT2D eigenvalue weighted by atomic mass is 35.5. The molecule has 0 saturated carbocycles. The summed E-state index contributed by atoms with van der Waals surface area (Å²) in [6.07, 6.45) is 0.830. The van der Waals surface area contributed by atoms with Crippen molar-refractivity contribution >= 4 is 17.5 Å². The van der Waals surface area contributed by atoms with E-state index in [0.29, 0.717) is 41.7 Å². The first-order valence-corrected chi connectivity index (χ1v) is 8.89. The molecule has 0 aliphatic rings. The Morgan fingerprint density at radius 1 is 1.19 bits per heavy atom. The third-order valence-electron chi connectivity index (χ3n) is 4.18. The van der Waals surface area contributed by atoms with Crippen LogP contribution in [0, 0.1) is 0 Å². The van der Waals surface area contributed by atoms with E-state index in [2.05, 4.69) is 10.1 Å². The number of hydrogen-bond donors (Lipinski definition) is 0. The molecule has 2 aromatic carbocycles. The van der Waals surface area contributed by atoms with Crippen LogP contribution in [-0.2, 0) is 17.6 Å². The number of nitrogens with zero attached hydrogens (tertiary/aromatic N) is 3. The maximum atomic E-state index is 12.4. The Labute approximate surface area is 162 Å². The number of aromatic nitrogens is 2. The van der Waals surface area contributed by atoms with Crippen LogP contribution in [0.4, 0.5) is 0 Å². The number of halogens is 1. The second-order valence-corrected chi connectivity index (χ2v) is 6.49. The van der Waals surface area contributed by atoms with Crippen LogP contribution in [-0.4, -0.2) is 41.6 Å². The minimum absolute atomic E-state index is 0.0231. The van der Waals surface area contributed by atoms with Crippen molar-refractivity contribution in [1.82, 2.24) is 15.0 Å². The van der Waals surface area contributed by atoms with E-state index in [0.717, 1.165) is 11.3 Å². The summed E-state index contributed by atoms with van der Waals surface area (Å²) in [5.41, 5.74) is 1.63. The lowest BCUT2D eigenvalue weighted by Gasteiger charge is -2.16. The van der Waals surface area contributed by atoms with Crippen LogP contribution in [0.2, 0.25) is 5.02 Å². The summed E-state index contributed by atoms with van der Waals surface area (Å²) in [5.74, 6) is 1.71. The molecule has 0 fully saturated rings. The van der Waals surface area contributed by atoms with Crippen molar-refractivity contribution < 1.29 is 14.1 Å². The molecule has 3 aromatic rings. The molecule has 0 bridgehead atoms. The van der Waals surface area contributed by atoms with Crippen LogP contribution >= 0.6 is 11.6 Å². The van der Waals surface area contributed by atoms with Crippen molar-refractivity contribution in [2.45, 2.75) is 12.8 Å². The summed E-state index contributed by atoms with van der Waals surface area (Å²) >= 11 is 6.14. The summed E-state index contributed by atoms with van der Waals surface area (Å²) in [4.78, 5) is 18.4. The van der Waals surface area contributed by atoms with E-state index >= 15 is 0 Å². The standard InChI is InChI=1S/C20H20ClN3O3/c1-24(19(25)13-14-7-9-15(26-2)10-8-14)12-11-18-22-20(27-23-18)16-5-3-4-6-17(16)21/h3-10H,11-13H2,1-2H3. The number of rotatable bonds is 7. The van der Waals surface area contributed by atoms with E-state index in [-0.39, 0.29) is 5.91 Å². The van der Waals surface area contributed by atoms with Gasteiger partial charge in [0.15, 0.2) is 5.82 Å². The fourth-order valence-electron chi connectivity index (χ4n) is 2.54. The summed E-state index contributed by atoms with van der Waals surface area (Å²) in [5, 5.41) is 4.53. The van der Waals surface area contributed by atoms with E-state index in [9.17, 15) is 4.79 Å².